The quantitative estimate of drug-likeness (QED) is 0.735. The van der Waals surface area contributed by atoms with Gasteiger partial charge in [0.25, 0.3) is 0 Å². The molecule has 1 rings (SSSR count). The van der Waals surface area contributed by atoms with E-state index >= 15 is 0 Å². The summed E-state index contributed by atoms with van der Waals surface area (Å²) in [6.45, 7) is 3.53. The number of Topliss-reactive ketones (excluding diaryl/α,β-unsaturated/α-hetero) is 1. The summed E-state index contributed by atoms with van der Waals surface area (Å²) in [6, 6.07) is 3.21. The van der Waals surface area contributed by atoms with Crippen molar-refractivity contribution in [2.45, 2.75) is 13.8 Å². The Kier molecular flexibility index (Phi) is 3.45. The maximum Gasteiger partial charge on any atom is 0.222 e. The summed E-state index contributed by atoms with van der Waals surface area (Å²) in [7, 11) is 0. The molecule has 1 amide bonds. The Balaban J connectivity index is 2.40. The number of ketones is 1. The van der Waals surface area contributed by atoms with Gasteiger partial charge in [-0.25, -0.2) is 0 Å². The first kappa shape index (κ1) is 10.5. The number of hydrogen-bond donors (Lipinski definition) is 1. The zero-order valence-electron chi connectivity index (χ0n) is 8.24. The summed E-state index contributed by atoms with van der Waals surface area (Å²) in [4.78, 5) is 22.4. The lowest BCUT2D eigenvalue weighted by Gasteiger charge is -2.05. The molecule has 0 aromatic carbocycles. The van der Waals surface area contributed by atoms with Crippen molar-refractivity contribution in [2.24, 2.45) is 5.92 Å². The highest BCUT2D eigenvalue weighted by atomic mass is 16.3. The predicted octanol–water partition coefficient (Wildman–Crippen LogP) is 1.23. The molecule has 0 saturated carbocycles. The van der Waals surface area contributed by atoms with Crippen LogP contribution < -0.4 is 5.32 Å². The van der Waals surface area contributed by atoms with Crippen LogP contribution in [0.3, 0.4) is 0 Å². The van der Waals surface area contributed by atoms with Crippen LogP contribution in [0, 0.1) is 5.92 Å². The number of furan rings is 1. The van der Waals surface area contributed by atoms with Gasteiger partial charge in [0.2, 0.25) is 11.7 Å². The Morgan fingerprint density at radius 2 is 2.21 bits per heavy atom. The second kappa shape index (κ2) is 4.60. The van der Waals surface area contributed by atoms with Gasteiger partial charge in [-0.2, -0.15) is 0 Å². The van der Waals surface area contributed by atoms with Gasteiger partial charge < -0.3 is 9.73 Å². The topological polar surface area (TPSA) is 59.3 Å². The molecule has 76 valence electrons. The monoisotopic (exact) mass is 195 g/mol. The molecule has 0 spiro atoms. The van der Waals surface area contributed by atoms with E-state index < -0.39 is 0 Å². The molecule has 0 aliphatic rings. The molecule has 1 aromatic rings. The predicted molar refractivity (Wildman–Crippen MR) is 50.9 cm³/mol. The molecule has 0 aliphatic heterocycles. The van der Waals surface area contributed by atoms with Crippen molar-refractivity contribution in [2.75, 3.05) is 6.54 Å². The minimum atomic E-state index is -0.219. The lowest BCUT2D eigenvalue weighted by molar-refractivity contribution is -0.123. The van der Waals surface area contributed by atoms with E-state index in [2.05, 4.69) is 5.32 Å². The molecule has 0 bridgehead atoms. The van der Waals surface area contributed by atoms with Gasteiger partial charge in [-0.05, 0) is 12.1 Å². The minimum Gasteiger partial charge on any atom is -0.461 e. The number of carbonyl (C=O) groups is 2. The molecule has 0 saturated heterocycles. The van der Waals surface area contributed by atoms with Gasteiger partial charge in [0, 0.05) is 5.92 Å². The zero-order valence-corrected chi connectivity index (χ0v) is 8.24. The Labute approximate surface area is 82.3 Å². The molecular weight excluding hydrogens is 182 g/mol. The minimum absolute atomic E-state index is 0.00940. The summed E-state index contributed by atoms with van der Waals surface area (Å²) in [5, 5.41) is 2.52. The lowest BCUT2D eigenvalue weighted by atomic mass is 10.2. The maximum absolute atomic E-state index is 11.3. The first-order chi connectivity index (χ1) is 6.61. The zero-order chi connectivity index (χ0) is 10.6. The fourth-order valence-electron chi connectivity index (χ4n) is 0.896. The Morgan fingerprint density at radius 3 is 2.71 bits per heavy atom. The molecule has 1 heterocycles. The van der Waals surface area contributed by atoms with E-state index in [1.54, 1.807) is 26.0 Å². The van der Waals surface area contributed by atoms with Crippen LogP contribution in [0.25, 0.3) is 0 Å². The Morgan fingerprint density at radius 1 is 1.50 bits per heavy atom. The van der Waals surface area contributed by atoms with Crippen LogP contribution in [0.5, 0.6) is 0 Å². The number of carbonyl (C=O) groups excluding carboxylic acids is 2. The molecule has 0 radical (unpaired) electrons. The molecule has 4 nitrogen and oxygen atoms in total. The van der Waals surface area contributed by atoms with Gasteiger partial charge in [0.15, 0.2) is 5.76 Å². The number of amides is 1. The summed E-state index contributed by atoms with van der Waals surface area (Å²) >= 11 is 0. The third-order valence-corrected chi connectivity index (χ3v) is 1.74. The molecule has 1 N–H and O–H groups in total. The lowest BCUT2D eigenvalue weighted by Crippen LogP contribution is -2.32. The fraction of sp³-hybridized carbons (Fsp3) is 0.400. The number of hydrogen-bond acceptors (Lipinski definition) is 3. The first-order valence-electron chi connectivity index (χ1n) is 4.45. The average molecular weight is 195 g/mol. The van der Waals surface area contributed by atoms with Gasteiger partial charge in [0.1, 0.15) is 0 Å². The van der Waals surface area contributed by atoms with Crippen LogP contribution >= 0.6 is 0 Å². The van der Waals surface area contributed by atoms with Crippen molar-refractivity contribution < 1.29 is 14.0 Å². The second-order valence-corrected chi connectivity index (χ2v) is 3.27. The van der Waals surface area contributed by atoms with Crippen molar-refractivity contribution in [1.29, 1.82) is 0 Å². The van der Waals surface area contributed by atoms with Crippen molar-refractivity contribution in [1.82, 2.24) is 5.32 Å². The normalized spacial score (nSPS) is 10.2. The highest BCUT2D eigenvalue weighted by molar-refractivity contribution is 5.97. The van der Waals surface area contributed by atoms with E-state index in [-0.39, 0.29) is 29.9 Å². The molecule has 1 aromatic heterocycles. The molecule has 0 atom stereocenters. The molecule has 14 heavy (non-hydrogen) atoms. The first-order valence-corrected chi connectivity index (χ1v) is 4.45. The van der Waals surface area contributed by atoms with Crippen LogP contribution in [-0.4, -0.2) is 18.2 Å². The molecular formula is C10H13NO3. The van der Waals surface area contributed by atoms with Gasteiger partial charge in [-0.15, -0.1) is 0 Å². The Hall–Kier alpha value is -1.58. The standard InChI is InChI=1S/C10H13NO3/c1-7(2)10(13)11-6-8(12)9-4-3-5-14-9/h3-5,7H,6H2,1-2H3,(H,11,13). The molecule has 4 heteroatoms. The summed E-state index contributed by atoms with van der Waals surface area (Å²) in [5.41, 5.74) is 0. The maximum atomic E-state index is 11.3. The number of nitrogens with one attached hydrogen (secondary N) is 1. The largest absolute Gasteiger partial charge is 0.461 e. The van der Waals surface area contributed by atoms with Gasteiger partial charge in [-0.3, -0.25) is 9.59 Å². The van der Waals surface area contributed by atoms with Gasteiger partial charge >= 0.3 is 0 Å². The third-order valence-electron chi connectivity index (χ3n) is 1.74. The Bertz CT molecular complexity index is 314. The van der Waals surface area contributed by atoms with E-state index in [4.69, 9.17) is 4.42 Å². The molecule has 0 unspecified atom stereocenters. The molecule has 0 fully saturated rings. The van der Waals surface area contributed by atoms with Crippen LogP contribution in [0.4, 0.5) is 0 Å². The van der Waals surface area contributed by atoms with E-state index in [0.29, 0.717) is 0 Å². The third kappa shape index (κ3) is 2.73. The average Bonchev–Trinajstić information content (AvgIpc) is 2.66. The van der Waals surface area contributed by atoms with Crippen molar-refractivity contribution in [3.05, 3.63) is 24.2 Å². The number of rotatable bonds is 4. The second-order valence-electron chi connectivity index (χ2n) is 3.27. The summed E-state index contributed by atoms with van der Waals surface area (Å²) in [6.07, 6.45) is 1.43. The molecule has 0 aliphatic carbocycles. The van der Waals surface area contributed by atoms with E-state index in [0.717, 1.165) is 0 Å². The van der Waals surface area contributed by atoms with E-state index in [9.17, 15) is 9.59 Å². The fourth-order valence-corrected chi connectivity index (χ4v) is 0.896. The highest BCUT2D eigenvalue weighted by Gasteiger charge is 2.11. The van der Waals surface area contributed by atoms with Crippen LogP contribution in [0.2, 0.25) is 0 Å². The van der Waals surface area contributed by atoms with Crippen molar-refractivity contribution in [3.8, 4) is 0 Å². The summed E-state index contributed by atoms with van der Waals surface area (Å²) in [5.74, 6) is -0.192. The van der Waals surface area contributed by atoms with Crippen LogP contribution in [-0.2, 0) is 4.79 Å². The van der Waals surface area contributed by atoms with Crippen molar-refractivity contribution >= 4 is 11.7 Å². The van der Waals surface area contributed by atoms with E-state index in [1.165, 1.54) is 6.26 Å². The smallest absolute Gasteiger partial charge is 0.222 e. The van der Waals surface area contributed by atoms with Gasteiger partial charge in [-0.1, -0.05) is 13.8 Å². The van der Waals surface area contributed by atoms with Crippen LogP contribution in [0.1, 0.15) is 24.4 Å². The SMILES string of the molecule is CC(C)C(=O)NCC(=O)c1ccco1. The van der Waals surface area contributed by atoms with E-state index in [1.807, 2.05) is 0 Å². The highest BCUT2D eigenvalue weighted by Crippen LogP contribution is 2.00. The van der Waals surface area contributed by atoms with Crippen LogP contribution in [0.15, 0.2) is 22.8 Å². The van der Waals surface area contributed by atoms with Crippen molar-refractivity contribution in [3.63, 3.8) is 0 Å². The summed E-state index contributed by atoms with van der Waals surface area (Å²) < 4.78 is 4.89. The van der Waals surface area contributed by atoms with Gasteiger partial charge in [0.05, 0.1) is 12.8 Å².